The van der Waals surface area contributed by atoms with E-state index in [-0.39, 0.29) is 6.03 Å². The fourth-order valence-electron chi connectivity index (χ4n) is 5.75. The maximum atomic E-state index is 12.1. The number of hydrogen-bond donors (Lipinski definition) is 0. The van der Waals surface area contributed by atoms with Crippen LogP contribution in [0.15, 0.2) is 48.5 Å². The molecule has 2 aromatic carbocycles. The third-order valence-corrected chi connectivity index (χ3v) is 7.75. The van der Waals surface area contributed by atoms with Gasteiger partial charge in [0.1, 0.15) is 0 Å². The highest BCUT2D eigenvalue weighted by molar-refractivity contribution is 5.76. The third kappa shape index (κ3) is 5.08. The number of aryl methyl sites for hydroxylation is 2. The molecule has 3 heterocycles. The number of carbonyl (C=O) groups is 1. The zero-order valence-electron chi connectivity index (χ0n) is 20.8. The molecule has 0 bridgehead atoms. The Morgan fingerprint density at radius 1 is 0.735 bits per heavy atom. The molecule has 182 valence electrons. The molecule has 1 atom stereocenters. The molecule has 5 rings (SSSR count). The molecule has 2 saturated heterocycles. The standard InChI is InChI=1S/C28H39N5O/c1-23(21-31-16-14-30(15-17-31)18-20-32-19-13-29(2)28(32)34)22-33-26-9-5-3-7-24(26)11-12-25-8-4-6-10-27(25)33/h3-10,23H,11-22H2,1-2H3. The van der Waals surface area contributed by atoms with Gasteiger partial charge >= 0.3 is 6.03 Å². The molecule has 34 heavy (non-hydrogen) atoms. The predicted octanol–water partition coefficient (Wildman–Crippen LogP) is 3.54. The quantitative estimate of drug-likeness (QED) is 0.632. The van der Waals surface area contributed by atoms with Crippen molar-refractivity contribution >= 4 is 17.4 Å². The summed E-state index contributed by atoms with van der Waals surface area (Å²) >= 11 is 0. The maximum Gasteiger partial charge on any atom is 0.319 e. The summed E-state index contributed by atoms with van der Waals surface area (Å²) < 4.78 is 0. The van der Waals surface area contributed by atoms with Crippen LogP contribution < -0.4 is 4.90 Å². The first-order valence-corrected chi connectivity index (χ1v) is 13.0. The Kier molecular flexibility index (Phi) is 7.07. The van der Waals surface area contributed by atoms with Crippen molar-refractivity contribution in [1.82, 2.24) is 19.6 Å². The topological polar surface area (TPSA) is 33.3 Å². The third-order valence-electron chi connectivity index (χ3n) is 7.75. The largest absolute Gasteiger partial charge is 0.341 e. The number of urea groups is 1. The van der Waals surface area contributed by atoms with Crippen LogP contribution in [0.4, 0.5) is 16.2 Å². The Bertz CT molecular complexity index is 939. The number of fused-ring (bicyclic) bond motifs is 2. The van der Waals surface area contributed by atoms with Crippen molar-refractivity contribution in [3.63, 3.8) is 0 Å². The molecule has 6 nitrogen and oxygen atoms in total. The Morgan fingerprint density at radius 2 is 1.32 bits per heavy atom. The number of likely N-dealkylation sites (N-methyl/N-ethyl adjacent to an activating group) is 1. The van der Waals surface area contributed by atoms with Crippen molar-refractivity contribution < 1.29 is 4.79 Å². The first-order valence-electron chi connectivity index (χ1n) is 13.0. The van der Waals surface area contributed by atoms with Gasteiger partial charge in [0.15, 0.2) is 0 Å². The van der Waals surface area contributed by atoms with Crippen LogP contribution in [0, 0.1) is 5.92 Å². The number of benzene rings is 2. The first kappa shape index (κ1) is 23.2. The summed E-state index contributed by atoms with van der Waals surface area (Å²) in [6, 6.07) is 18.1. The van der Waals surface area contributed by atoms with E-state index < -0.39 is 0 Å². The van der Waals surface area contributed by atoms with Crippen LogP contribution in [0.1, 0.15) is 18.1 Å². The molecule has 2 fully saturated rings. The van der Waals surface area contributed by atoms with Crippen molar-refractivity contribution in [2.75, 3.05) is 77.4 Å². The van der Waals surface area contributed by atoms with E-state index in [9.17, 15) is 4.79 Å². The van der Waals surface area contributed by atoms with Gasteiger partial charge in [0.2, 0.25) is 0 Å². The van der Waals surface area contributed by atoms with E-state index in [2.05, 4.69) is 70.2 Å². The molecule has 3 aliphatic rings. The van der Waals surface area contributed by atoms with Gasteiger partial charge in [-0.25, -0.2) is 4.79 Å². The number of hydrogen-bond acceptors (Lipinski definition) is 4. The number of para-hydroxylation sites is 2. The van der Waals surface area contributed by atoms with E-state index in [1.165, 1.54) is 22.5 Å². The van der Waals surface area contributed by atoms with Crippen molar-refractivity contribution in [1.29, 1.82) is 0 Å². The molecule has 0 N–H and O–H groups in total. The van der Waals surface area contributed by atoms with Gasteiger partial charge in [-0.1, -0.05) is 43.3 Å². The lowest BCUT2D eigenvalue weighted by Crippen LogP contribution is -2.50. The predicted molar refractivity (Wildman–Crippen MR) is 139 cm³/mol. The highest BCUT2D eigenvalue weighted by Crippen LogP contribution is 2.36. The van der Waals surface area contributed by atoms with Gasteiger partial charge in [-0.05, 0) is 42.0 Å². The lowest BCUT2D eigenvalue weighted by molar-refractivity contribution is 0.114. The average Bonchev–Trinajstić information content (AvgIpc) is 3.09. The second-order valence-corrected chi connectivity index (χ2v) is 10.3. The average molecular weight is 462 g/mol. The van der Waals surface area contributed by atoms with Crippen LogP contribution in [0.5, 0.6) is 0 Å². The summed E-state index contributed by atoms with van der Waals surface area (Å²) in [5.41, 5.74) is 5.68. The van der Waals surface area contributed by atoms with Gasteiger partial charge in [-0.3, -0.25) is 4.90 Å². The molecule has 2 aromatic rings. The minimum Gasteiger partial charge on any atom is -0.341 e. The molecule has 3 aliphatic heterocycles. The van der Waals surface area contributed by atoms with Crippen molar-refractivity contribution in [3.8, 4) is 0 Å². The fourth-order valence-corrected chi connectivity index (χ4v) is 5.75. The van der Waals surface area contributed by atoms with Crippen molar-refractivity contribution in [2.45, 2.75) is 19.8 Å². The summed E-state index contributed by atoms with van der Waals surface area (Å²) in [6.45, 7) is 12.6. The first-order chi connectivity index (χ1) is 16.6. The molecule has 0 aromatic heterocycles. The van der Waals surface area contributed by atoms with Gasteiger partial charge in [-0.2, -0.15) is 0 Å². The summed E-state index contributed by atoms with van der Waals surface area (Å²) in [6.07, 6.45) is 2.22. The van der Waals surface area contributed by atoms with Gasteiger partial charge < -0.3 is 19.6 Å². The van der Waals surface area contributed by atoms with Crippen LogP contribution in [-0.2, 0) is 12.8 Å². The summed E-state index contributed by atoms with van der Waals surface area (Å²) in [7, 11) is 1.89. The van der Waals surface area contributed by atoms with Crippen molar-refractivity contribution in [2.24, 2.45) is 5.92 Å². The number of carbonyl (C=O) groups excluding carboxylic acids is 1. The Balaban J connectivity index is 1.15. The van der Waals surface area contributed by atoms with Crippen LogP contribution in [0.3, 0.4) is 0 Å². The highest BCUT2D eigenvalue weighted by atomic mass is 16.2. The van der Waals surface area contributed by atoms with E-state index >= 15 is 0 Å². The van der Waals surface area contributed by atoms with Gasteiger partial charge in [0.05, 0.1) is 0 Å². The zero-order valence-corrected chi connectivity index (χ0v) is 20.8. The molecule has 6 heteroatoms. The maximum absolute atomic E-state index is 12.1. The van der Waals surface area contributed by atoms with E-state index in [1.807, 2.05) is 16.8 Å². The Morgan fingerprint density at radius 3 is 1.91 bits per heavy atom. The summed E-state index contributed by atoms with van der Waals surface area (Å²) in [5, 5.41) is 0. The van der Waals surface area contributed by atoms with E-state index in [0.717, 1.165) is 78.3 Å². The van der Waals surface area contributed by atoms with Crippen LogP contribution in [0.25, 0.3) is 0 Å². The highest BCUT2D eigenvalue weighted by Gasteiger charge is 2.27. The minimum atomic E-state index is 0.184. The number of rotatable bonds is 7. The van der Waals surface area contributed by atoms with E-state index in [4.69, 9.17) is 0 Å². The van der Waals surface area contributed by atoms with Gasteiger partial charge in [-0.15, -0.1) is 0 Å². The molecule has 0 radical (unpaired) electrons. The van der Waals surface area contributed by atoms with E-state index in [1.54, 1.807) is 0 Å². The molecular formula is C28H39N5O. The number of piperazine rings is 1. The van der Waals surface area contributed by atoms with Crippen LogP contribution in [-0.4, -0.2) is 98.1 Å². The summed E-state index contributed by atoms with van der Waals surface area (Å²) in [4.78, 5) is 23.6. The second-order valence-electron chi connectivity index (χ2n) is 10.3. The number of amides is 2. The van der Waals surface area contributed by atoms with Gasteiger partial charge in [0.25, 0.3) is 0 Å². The molecule has 0 aliphatic carbocycles. The molecule has 0 saturated carbocycles. The van der Waals surface area contributed by atoms with Crippen LogP contribution >= 0.6 is 0 Å². The lowest BCUT2D eigenvalue weighted by atomic mass is 10.0. The molecule has 1 unspecified atom stereocenters. The normalized spacial score (nSPS) is 20.3. The number of anilines is 2. The summed E-state index contributed by atoms with van der Waals surface area (Å²) in [5.74, 6) is 0.573. The molecule has 2 amide bonds. The molecule has 0 spiro atoms. The lowest BCUT2D eigenvalue weighted by Gasteiger charge is -2.37. The number of nitrogens with zero attached hydrogens (tertiary/aromatic N) is 5. The van der Waals surface area contributed by atoms with Crippen molar-refractivity contribution in [3.05, 3.63) is 59.7 Å². The minimum absolute atomic E-state index is 0.184. The van der Waals surface area contributed by atoms with Gasteiger partial charge in [0, 0.05) is 83.9 Å². The van der Waals surface area contributed by atoms with E-state index in [0.29, 0.717) is 5.92 Å². The second kappa shape index (κ2) is 10.4. The monoisotopic (exact) mass is 461 g/mol. The van der Waals surface area contributed by atoms with Crippen LogP contribution in [0.2, 0.25) is 0 Å². The zero-order chi connectivity index (χ0) is 23.5. The fraction of sp³-hybridized carbons (Fsp3) is 0.536. The molecular weight excluding hydrogens is 422 g/mol. The Hall–Kier alpha value is -2.57. The smallest absolute Gasteiger partial charge is 0.319 e. The SMILES string of the molecule is CC(CN1CCN(CCN2CCN(C)C2=O)CC1)CN1c2ccccc2CCc2ccccc21. The Labute approximate surface area is 204 Å².